The average Bonchev–Trinajstić information content (AvgIpc) is 3.04. The van der Waals surface area contributed by atoms with Gasteiger partial charge in [0.15, 0.2) is 0 Å². The molecule has 2 saturated carbocycles. The fraction of sp³-hybridized carbons (Fsp3) is 0.632. The third-order valence-corrected chi connectivity index (χ3v) is 6.07. The van der Waals surface area contributed by atoms with Crippen LogP contribution in [0.2, 0.25) is 5.02 Å². The second kappa shape index (κ2) is 7.23. The van der Waals surface area contributed by atoms with Crippen LogP contribution in [0.5, 0.6) is 0 Å². The van der Waals surface area contributed by atoms with E-state index in [1.54, 1.807) is 0 Å². The maximum atomic E-state index is 11.1. The largest absolute Gasteiger partial charge is 0.481 e. The molecule has 0 aliphatic heterocycles. The molecule has 2 aliphatic rings. The van der Waals surface area contributed by atoms with Crippen LogP contribution in [-0.4, -0.2) is 23.7 Å². The van der Waals surface area contributed by atoms with Crippen molar-refractivity contribution in [2.45, 2.75) is 62.8 Å². The van der Waals surface area contributed by atoms with E-state index in [9.17, 15) is 4.79 Å². The third kappa shape index (κ3) is 3.89. The molecule has 0 amide bonds. The summed E-state index contributed by atoms with van der Waals surface area (Å²) in [5.41, 5.74) is 1.62. The Morgan fingerprint density at radius 3 is 2.30 bits per heavy atom. The van der Waals surface area contributed by atoms with E-state index in [0.717, 1.165) is 37.3 Å². The smallest absolute Gasteiger partial charge is 0.306 e. The van der Waals surface area contributed by atoms with Crippen molar-refractivity contribution < 1.29 is 9.90 Å². The van der Waals surface area contributed by atoms with Gasteiger partial charge in [-0.05, 0) is 56.2 Å². The molecule has 0 atom stereocenters. The summed E-state index contributed by atoms with van der Waals surface area (Å²) < 4.78 is 0. The molecular weight excluding hydrogens is 310 g/mol. The van der Waals surface area contributed by atoms with E-state index in [1.165, 1.54) is 31.2 Å². The monoisotopic (exact) mass is 335 g/mol. The van der Waals surface area contributed by atoms with Crippen LogP contribution in [-0.2, 0) is 10.2 Å². The molecule has 0 unspecified atom stereocenters. The van der Waals surface area contributed by atoms with Gasteiger partial charge in [0.1, 0.15) is 0 Å². The Balaban J connectivity index is 1.60. The van der Waals surface area contributed by atoms with Gasteiger partial charge in [0.2, 0.25) is 0 Å². The Kier molecular flexibility index (Phi) is 5.27. The fourth-order valence-corrected chi connectivity index (χ4v) is 4.43. The first-order valence-corrected chi connectivity index (χ1v) is 9.19. The summed E-state index contributed by atoms with van der Waals surface area (Å²) in [5.74, 6) is -0.762. The van der Waals surface area contributed by atoms with Crippen molar-refractivity contribution in [2.24, 2.45) is 5.92 Å². The first kappa shape index (κ1) is 16.8. The van der Waals surface area contributed by atoms with Crippen molar-refractivity contribution in [3.05, 3.63) is 34.9 Å². The lowest BCUT2D eigenvalue weighted by Crippen LogP contribution is -2.43. The molecule has 0 radical (unpaired) electrons. The number of carbonyl (C=O) groups is 1. The number of aliphatic carboxylic acids is 1. The second-order valence-corrected chi connectivity index (χ2v) is 7.70. The first-order chi connectivity index (χ1) is 11.1. The van der Waals surface area contributed by atoms with Crippen molar-refractivity contribution in [2.75, 3.05) is 6.54 Å². The van der Waals surface area contributed by atoms with Gasteiger partial charge >= 0.3 is 5.97 Å². The van der Waals surface area contributed by atoms with E-state index in [4.69, 9.17) is 16.7 Å². The van der Waals surface area contributed by atoms with Crippen molar-refractivity contribution in [1.82, 2.24) is 5.32 Å². The van der Waals surface area contributed by atoms with E-state index in [2.05, 4.69) is 17.4 Å². The van der Waals surface area contributed by atoms with Crippen LogP contribution in [0, 0.1) is 5.92 Å². The molecule has 0 spiro atoms. The summed E-state index contributed by atoms with van der Waals surface area (Å²) in [6, 6.07) is 8.81. The standard InChI is InChI=1S/C19H26ClNO2/c20-16-7-5-15(6-8-16)19(11-1-2-12-19)13-21-17-9-3-14(4-10-17)18(22)23/h5-8,14,17,21H,1-4,9-13H2,(H,22,23). The molecule has 4 heteroatoms. The van der Waals surface area contributed by atoms with Crippen LogP contribution in [0.1, 0.15) is 56.9 Å². The molecule has 1 aromatic rings. The van der Waals surface area contributed by atoms with Gasteiger partial charge in [0, 0.05) is 23.0 Å². The average molecular weight is 336 g/mol. The highest BCUT2D eigenvalue weighted by molar-refractivity contribution is 6.30. The predicted octanol–water partition coefficient (Wildman–Crippen LogP) is 4.38. The van der Waals surface area contributed by atoms with Crippen molar-refractivity contribution >= 4 is 17.6 Å². The minimum absolute atomic E-state index is 0.134. The Labute approximate surface area is 143 Å². The van der Waals surface area contributed by atoms with Gasteiger partial charge in [-0.2, -0.15) is 0 Å². The molecule has 0 bridgehead atoms. The van der Waals surface area contributed by atoms with Gasteiger partial charge in [0.25, 0.3) is 0 Å². The summed E-state index contributed by atoms with van der Waals surface area (Å²) in [4.78, 5) is 11.1. The lowest BCUT2D eigenvalue weighted by atomic mass is 9.78. The fourth-order valence-electron chi connectivity index (χ4n) is 4.31. The number of benzene rings is 1. The Bertz CT molecular complexity index is 529. The summed E-state index contributed by atoms with van der Waals surface area (Å²) in [5, 5.41) is 13.7. The van der Waals surface area contributed by atoms with Crippen LogP contribution in [0.3, 0.4) is 0 Å². The number of carboxylic acid groups (broad SMARTS) is 1. The van der Waals surface area contributed by atoms with Crippen LogP contribution < -0.4 is 5.32 Å². The minimum atomic E-state index is -0.628. The normalized spacial score (nSPS) is 27.0. The van der Waals surface area contributed by atoms with Crippen LogP contribution >= 0.6 is 11.6 Å². The zero-order chi connectivity index (χ0) is 16.3. The Morgan fingerprint density at radius 2 is 1.74 bits per heavy atom. The highest BCUT2D eigenvalue weighted by Gasteiger charge is 2.36. The number of hydrogen-bond donors (Lipinski definition) is 2. The maximum absolute atomic E-state index is 11.1. The third-order valence-electron chi connectivity index (χ3n) is 5.82. The molecule has 0 saturated heterocycles. The molecule has 2 fully saturated rings. The van der Waals surface area contributed by atoms with Gasteiger partial charge in [-0.15, -0.1) is 0 Å². The Hall–Kier alpha value is -1.06. The molecule has 126 valence electrons. The summed E-state index contributed by atoms with van der Waals surface area (Å²) in [6.45, 7) is 0.997. The molecular formula is C19H26ClNO2. The molecule has 3 rings (SSSR count). The highest BCUT2D eigenvalue weighted by atomic mass is 35.5. The molecule has 3 nitrogen and oxygen atoms in total. The number of nitrogens with one attached hydrogen (secondary N) is 1. The van der Waals surface area contributed by atoms with Crippen molar-refractivity contribution in [1.29, 1.82) is 0 Å². The summed E-state index contributed by atoms with van der Waals surface area (Å²) >= 11 is 6.04. The number of carboxylic acids is 1. The number of rotatable bonds is 5. The first-order valence-electron chi connectivity index (χ1n) is 8.81. The quantitative estimate of drug-likeness (QED) is 0.839. The van der Waals surface area contributed by atoms with Gasteiger partial charge in [-0.3, -0.25) is 4.79 Å². The number of halogens is 1. The molecule has 2 aliphatic carbocycles. The van der Waals surface area contributed by atoms with Gasteiger partial charge in [-0.25, -0.2) is 0 Å². The topological polar surface area (TPSA) is 49.3 Å². The zero-order valence-electron chi connectivity index (χ0n) is 13.6. The zero-order valence-corrected chi connectivity index (χ0v) is 14.3. The van der Waals surface area contributed by atoms with Crippen molar-refractivity contribution in [3.8, 4) is 0 Å². The van der Waals surface area contributed by atoms with Gasteiger partial charge in [0.05, 0.1) is 5.92 Å². The van der Waals surface area contributed by atoms with Crippen LogP contribution in [0.4, 0.5) is 0 Å². The van der Waals surface area contributed by atoms with E-state index in [1.807, 2.05) is 12.1 Å². The maximum Gasteiger partial charge on any atom is 0.306 e. The van der Waals surface area contributed by atoms with E-state index in [0.29, 0.717) is 6.04 Å². The molecule has 23 heavy (non-hydrogen) atoms. The van der Waals surface area contributed by atoms with E-state index in [-0.39, 0.29) is 11.3 Å². The molecule has 0 heterocycles. The summed E-state index contributed by atoms with van der Waals surface area (Å²) in [7, 11) is 0. The minimum Gasteiger partial charge on any atom is -0.481 e. The predicted molar refractivity (Wildman–Crippen MR) is 93.0 cm³/mol. The van der Waals surface area contributed by atoms with E-state index >= 15 is 0 Å². The molecule has 0 aromatic heterocycles. The number of hydrogen-bond acceptors (Lipinski definition) is 2. The highest BCUT2D eigenvalue weighted by Crippen LogP contribution is 2.41. The van der Waals surface area contributed by atoms with Crippen molar-refractivity contribution in [3.63, 3.8) is 0 Å². The van der Waals surface area contributed by atoms with Crippen LogP contribution in [0.25, 0.3) is 0 Å². The second-order valence-electron chi connectivity index (χ2n) is 7.26. The Morgan fingerprint density at radius 1 is 1.13 bits per heavy atom. The lowest BCUT2D eigenvalue weighted by molar-refractivity contribution is -0.142. The van der Waals surface area contributed by atoms with Gasteiger partial charge < -0.3 is 10.4 Å². The van der Waals surface area contributed by atoms with Gasteiger partial charge in [-0.1, -0.05) is 36.6 Å². The van der Waals surface area contributed by atoms with Crippen LogP contribution in [0.15, 0.2) is 24.3 Å². The SMILES string of the molecule is O=C(O)C1CCC(NCC2(c3ccc(Cl)cc3)CCCC2)CC1. The lowest BCUT2D eigenvalue weighted by Gasteiger charge is -2.34. The summed E-state index contributed by atoms with van der Waals surface area (Å²) in [6.07, 6.45) is 8.60. The molecule has 1 aromatic carbocycles. The molecule has 2 N–H and O–H groups in total. The van der Waals surface area contributed by atoms with E-state index < -0.39 is 5.97 Å².